The Morgan fingerprint density at radius 1 is 1.30 bits per heavy atom. The number of pyridine rings is 1. The van der Waals surface area contributed by atoms with Gasteiger partial charge in [0.15, 0.2) is 5.82 Å². The van der Waals surface area contributed by atoms with Crippen LogP contribution in [0.2, 0.25) is 5.02 Å². The first-order valence-corrected chi connectivity index (χ1v) is 8.29. The number of ether oxygens (including phenoxy) is 1. The number of benzene rings is 1. The van der Waals surface area contributed by atoms with Crippen molar-refractivity contribution in [3.05, 3.63) is 34.9 Å². The minimum absolute atomic E-state index is 0.0294. The van der Waals surface area contributed by atoms with Crippen molar-refractivity contribution in [2.75, 3.05) is 5.32 Å². The summed E-state index contributed by atoms with van der Waals surface area (Å²) < 4.78 is 5.29. The lowest BCUT2D eigenvalue weighted by molar-refractivity contribution is 0.0623. The molecule has 0 spiro atoms. The van der Waals surface area contributed by atoms with Crippen molar-refractivity contribution in [1.82, 2.24) is 4.98 Å². The van der Waals surface area contributed by atoms with Gasteiger partial charge in [0.2, 0.25) is 0 Å². The van der Waals surface area contributed by atoms with Crippen LogP contribution in [0.25, 0.3) is 10.9 Å². The van der Waals surface area contributed by atoms with Gasteiger partial charge in [-0.3, -0.25) is 5.32 Å². The van der Waals surface area contributed by atoms with Crippen LogP contribution in [0.3, 0.4) is 0 Å². The van der Waals surface area contributed by atoms with E-state index in [1.54, 1.807) is 0 Å². The van der Waals surface area contributed by atoms with Crippen LogP contribution in [0.4, 0.5) is 10.6 Å². The molecule has 0 unspecified atom stereocenters. The third-order valence-electron chi connectivity index (χ3n) is 4.18. The summed E-state index contributed by atoms with van der Waals surface area (Å²) in [6, 6.07) is 7.94. The molecule has 1 aromatic heterocycles. The second-order valence-corrected chi connectivity index (χ2v) is 7.47. The third kappa shape index (κ3) is 3.58. The Morgan fingerprint density at radius 2 is 2.04 bits per heavy atom. The van der Waals surface area contributed by atoms with Crippen LogP contribution in [0.1, 0.15) is 45.6 Å². The van der Waals surface area contributed by atoms with Crippen molar-refractivity contribution in [2.45, 2.75) is 51.6 Å². The number of nitrogens with zero attached hydrogens (tertiary/aromatic N) is 1. The fourth-order valence-corrected chi connectivity index (χ4v) is 2.67. The second-order valence-electron chi connectivity index (χ2n) is 7.06. The Hall–Kier alpha value is -1.81. The van der Waals surface area contributed by atoms with Crippen molar-refractivity contribution in [3.8, 4) is 0 Å². The van der Waals surface area contributed by atoms with Crippen molar-refractivity contribution in [1.29, 1.82) is 0 Å². The minimum atomic E-state index is -0.490. The fourth-order valence-electron chi connectivity index (χ4n) is 2.46. The van der Waals surface area contributed by atoms with Gasteiger partial charge in [-0.25, -0.2) is 9.78 Å². The standard InChI is InChI=1S/C18H21ClN2O2/c1-18(2,3)12-8-7-11-9-14(19)16(20-15(11)10-12)21-17(22)23-13-5-4-6-13/h7-10,13H,4-6H2,1-3H3,(H,20,21,22). The lowest BCUT2D eigenvalue weighted by atomic mass is 9.86. The largest absolute Gasteiger partial charge is 0.446 e. The molecular formula is C18H21ClN2O2. The van der Waals surface area contributed by atoms with E-state index in [9.17, 15) is 4.79 Å². The molecule has 0 aliphatic heterocycles. The number of halogens is 1. The first-order chi connectivity index (χ1) is 10.8. The highest BCUT2D eigenvalue weighted by Crippen LogP contribution is 2.30. The summed E-state index contributed by atoms with van der Waals surface area (Å²) >= 11 is 6.23. The predicted octanol–water partition coefficient (Wildman–Crippen LogP) is 5.29. The lowest BCUT2D eigenvalue weighted by Gasteiger charge is -2.25. The molecule has 122 valence electrons. The fraction of sp³-hybridized carbons (Fsp3) is 0.444. The Labute approximate surface area is 141 Å². The highest BCUT2D eigenvalue weighted by atomic mass is 35.5. The average Bonchev–Trinajstić information content (AvgIpc) is 2.42. The summed E-state index contributed by atoms with van der Waals surface area (Å²) in [6.07, 6.45) is 2.52. The summed E-state index contributed by atoms with van der Waals surface area (Å²) in [4.78, 5) is 16.4. The molecule has 0 saturated heterocycles. The molecule has 23 heavy (non-hydrogen) atoms. The van der Waals surface area contributed by atoms with Crippen LogP contribution < -0.4 is 5.32 Å². The van der Waals surface area contributed by atoms with Crippen molar-refractivity contribution < 1.29 is 9.53 Å². The summed E-state index contributed by atoms with van der Waals surface area (Å²) in [6.45, 7) is 6.46. The van der Waals surface area contributed by atoms with Crippen molar-refractivity contribution >= 4 is 34.4 Å². The zero-order valence-corrected chi connectivity index (χ0v) is 14.4. The Morgan fingerprint density at radius 3 is 2.65 bits per heavy atom. The molecule has 1 N–H and O–H groups in total. The molecule has 2 aromatic rings. The van der Waals surface area contributed by atoms with Crippen molar-refractivity contribution in [3.63, 3.8) is 0 Å². The van der Waals surface area contributed by atoms with E-state index in [-0.39, 0.29) is 11.5 Å². The monoisotopic (exact) mass is 332 g/mol. The summed E-state index contributed by atoms with van der Waals surface area (Å²) in [5.41, 5.74) is 2.02. The van der Waals surface area contributed by atoms with Crippen molar-refractivity contribution in [2.24, 2.45) is 0 Å². The zero-order valence-electron chi connectivity index (χ0n) is 13.6. The van der Waals surface area contributed by atoms with Crippen LogP contribution >= 0.6 is 11.6 Å². The highest BCUT2D eigenvalue weighted by Gasteiger charge is 2.22. The average molecular weight is 333 g/mol. The van der Waals surface area contributed by atoms with E-state index in [4.69, 9.17) is 16.3 Å². The number of nitrogens with one attached hydrogen (secondary N) is 1. The molecule has 4 nitrogen and oxygen atoms in total. The highest BCUT2D eigenvalue weighted by molar-refractivity contribution is 6.34. The van der Waals surface area contributed by atoms with E-state index in [0.29, 0.717) is 10.8 Å². The maximum Gasteiger partial charge on any atom is 0.413 e. The number of hydrogen-bond acceptors (Lipinski definition) is 3. The molecule has 0 atom stereocenters. The van der Waals surface area contributed by atoms with E-state index in [2.05, 4.69) is 37.1 Å². The van der Waals surface area contributed by atoms with E-state index in [0.717, 1.165) is 30.2 Å². The topological polar surface area (TPSA) is 51.2 Å². The lowest BCUT2D eigenvalue weighted by Crippen LogP contribution is -2.28. The number of amides is 1. The number of anilines is 1. The molecule has 1 fully saturated rings. The minimum Gasteiger partial charge on any atom is -0.446 e. The van der Waals surface area contributed by atoms with Crippen LogP contribution in [0.15, 0.2) is 24.3 Å². The summed E-state index contributed by atoms with van der Waals surface area (Å²) in [5, 5.41) is 4.01. The first-order valence-electron chi connectivity index (χ1n) is 7.91. The molecule has 1 aliphatic rings. The number of aromatic nitrogens is 1. The van der Waals surface area contributed by atoms with Gasteiger partial charge in [0.1, 0.15) is 6.10 Å². The normalized spacial score (nSPS) is 15.3. The van der Waals surface area contributed by atoms with Gasteiger partial charge in [-0.15, -0.1) is 0 Å². The van der Waals surface area contributed by atoms with Gasteiger partial charge in [-0.2, -0.15) is 0 Å². The van der Waals surface area contributed by atoms with E-state index in [1.807, 2.05) is 18.2 Å². The van der Waals surface area contributed by atoms with Gasteiger partial charge in [0.25, 0.3) is 0 Å². The van der Waals surface area contributed by atoms with Crippen LogP contribution in [0.5, 0.6) is 0 Å². The Bertz CT molecular complexity index is 749. The summed E-state index contributed by atoms with van der Waals surface area (Å²) in [5.74, 6) is 0.342. The smallest absolute Gasteiger partial charge is 0.413 e. The van der Waals surface area contributed by atoms with Gasteiger partial charge in [-0.1, -0.05) is 44.5 Å². The number of carbonyl (C=O) groups is 1. The van der Waals surface area contributed by atoms with Gasteiger partial charge in [0, 0.05) is 5.39 Å². The second kappa shape index (κ2) is 6.00. The predicted molar refractivity (Wildman–Crippen MR) is 93.2 cm³/mol. The molecule has 1 heterocycles. The number of rotatable bonds is 2. The van der Waals surface area contributed by atoms with Gasteiger partial charge < -0.3 is 4.74 Å². The molecule has 1 aromatic carbocycles. The third-order valence-corrected chi connectivity index (χ3v) is 4.47. The SMILES string of the molecule is CC(C)(C)c1ccc2cc(Cl)c(NC(=O)OC3CCC3)nc2c1. The molecule has 1 amide bonds. The molecule has 1 aliphatic carbocycles. The Kier molecular flexibility index (Phi) is 4.19. The van der Waals surface area contributed by atoms with Gasteiger partial charge in [0.05, 0.1) is 10.5 Å². The number of carbonyl (C=O) groups excluding carboxylic acids is 1. The van der Waals surface area contributed by atoms with E-state index >= 15 is 0 Å². The van der Waals surface area contributed by atoms with Crippen LogP contribution in [0, 0.1) is 0 Å². The van der Waals surface area contributed by atoms with Crippen LogP contribution in [-0.4, -0.2) is 17.2 Å². The molecular weight excluding hydrogens is 312 g/mol. The molecule has 0 radical (unpaired) electrons. The number of hydrogen-bond donors (Lipinski definition) is 1. The Balaban J connectivity index is 1.87. The summed E-state index contributed by atoms with van der Waals surface area (Å²) in [7, 11) is 0. The maximum atomic E-state index is 11.9. The molecule has 1 saturated carbocycles. The van der Waals surface area contributed by atoms with Gasteiger partial charge in [-0.05, 0) is 42.4 Å². The zero-order chi connectivity index (χ0) is 16.6. The maximum absolute atomic E-state index is 11.9. The number of fused-ring (bicyclic) bond motifs is 1. The van der Waals surface area contributed by atoms with E-state index in [1.165, 1.54) is 5.56 Å². The molecule has 5 heteroatoms. The van der Waals surface area contributed by atoms with Gasteiger partial charge >= 0.3 is 6.09 Å². The molecule has 3 rings (SSSR count). The first kappa shape index (κ1) is 16.1. The quantitative estimate of drug-likeness (QED) is 0.813. The van der Waals surface area contributed by atoms with Crippen LogP contribution in [-0.2, 0) is 10.2 Å². The van der Waals surface area contributed by atoms with E-state index < -0.39 is 6.09 Å². The molecule has 0 bridgehead atoms.